The zero-order valence-electron chi connectivity index (χ0n) is 15.8. The van der Waals surface area contributed by atoms with Gasteiger partial charge in [-0.05, 0) is 68.9 Å². The van der Waals surface area contributed by atoms with E-state index in [-0.39, 0.29) is 0 Å². The SMILES string of the molecule is CC.CC(C)c1ccc(OCCCCN2CCCCCC2)cc1. The second kappa shape index (κ2) is 12.4. The fourth-order valence-electron chi connectivity index (χ4n) is 2.94. The Morgan fingerprint density at radius 2 is 1.52 bits per heavy atom. The van der Waals surface area contributed by atoms with E-state index in [1.54, 1.807) is 0 Å². The molecule has 0 amide bonds. The third kappa shape index (κ3) is 8.41. The van der Waals surface area contributed by atoms with Crippen LogP contribution in [0.5, 0.6) is 5.75 Å². The molecule has 0 unspecified atom stereocenters. The van der Waals surface area contributed by atoms with E-state index in [1.807, 2.05) is 13.8 Å². The quantitative estimate of drug-likeness (QED) is 0.583. The highest BCUT2D eigenvalue weighted by atomic mass is 16.5. The van der Waals surface area contributed by atoms with Crippen LogP contribution in [0.15, 0.2) is 24.3 Å². The van der Waals surface area contributed by atoms with Gasteiger partial charge >= 0.3 is 0 Å². The number of ether oxygens (including phenoxy) is 1. The predicted molar refractivity (Wildman–Crippen MR) is 102 cm³/mol. The van der Waals surface area contributed by atoms with Gasteiger partial charge in [0.15, 0.2) is 0 Å². The molecule has 0 aliphatic carbocycles. The molecular weight excluding hydrogens is 282 g/mol. The van der Waals surface area contributed by atoms with Crippen molar-refractivity contribution in [2.75, 3.05) is 26.2 Å². The van der Waals surface area contributed by atoms with E-state index in [1.165, 1.54) is 57.3 Å². The van der Waals surface area contributed by atoms with Crippen LogP contribution in [-0.4, -0.2) is 31.1 Å². The van der Waals surface area contributed by atoms with E-state index in [9.17, 15) is 0 Å². The lowest BCUT2D eigenvalue weighted by molar-refractivity contribution is 0.256. The standard InChI is InChI=1S/C19H31NO.C2H6/c1-17(2)18-9-11-19(12-10-18)21-16-8-7-15-20-13-5-3-4-6-14-20;1-2/h9-12,17H,3-8,13-16H2,1-2H3;1-2H3. The van der Waals surface area contributed by atoms with Gasteiger partial charge < -0.3 is 9.64 Å². The van der Waals surface area contributed by atoms with E-state index in [0.29, 0.717) is 5.92 Å². The number of rotatable bonds is 7. The summed E-state index contributed by atoms with van der Waals surface area (Å²) < 4.78 is 5.84. The first-order chi connectivity index (χ1) is 11.3. The molecule has 1 saturated heterocycles. The number of hydrogen-bond acceptors (Lipinski definition) is 2. The van der Waals surface area contributed by atoms with Crippen LogP contribution in [0.4, 0.5) is 0 Å². The van der Waals surface area contributed by atoms with Crippen LogP contribution in [0.25, 0.3) is 0 Å². The molecule has 23 heavy (non-hydrogen) atoms. The van der Waals surface area contributed by atoms with Crippen molar-refractivity contribution < 1.29 is 4.74 Å². The average molecular weight is 320 g/mol. The van der Waals surface area contributed by atoms with Gasteiger partial charge in [-0.3, -0.25) is 0 Å². The zero-order valence-corrected chi connectivity index (χ0v) is 15.8. The normalized spacial score (nSPS) is 15.7. The molecule has 1 aliphatic heterocycles. The van der Waals surface area contributed by atoms with Crippen molar-refractivity contribution in [1.29, 1.82) is 0 Å². The second-order valence-electron chi connectivity index (χ2n) is 6.54. The molecule has 132 valence electrons. The van der Waals surface area contributed by atoms with Crippen molar-refractivity contribution in [3.8, 4) is 5.75 Å². The highest BCUT2D eigenvalue weighted by Gasteiger charge is 2.08. The second-order valence-corrected chi connectivity index (χ2v) is 6.54. The number of unbranched alkanes of at least 4 members (excludes halogenated alkanes) is 1. The first kappa shape index (κ1) is 20.0. The maximum Gasteiger partial charge on any atom is 0.119 e. The molecule has 0 spiro atoms. The van der Waals surface area contributed by atoms with E-state index >= 15 is 0 Å². The van der Waals surface area contributed by atoms with Gasteiger partial charge in [-0.25, -0.2) is 0 Å². The third-order valence-electron chi connectivity index (χ3n) is 4.38. The number of benzene rings is 1. The molecule has 1 fully saturated rings. The summed E-state index contributed by atoms with van der Waals surface area (Å²) in [4.78, 5) is 2.63. The zero-order chi connectivity index (χ0) is 16.9. The van der Waals surface area contributed by atoms with E-state index in [0.717, 1.165) is 18.8 Å². The number of likely N-dealkylation sites (tertiary alicyclic amines) is 1. The summed E-state index contributed by atoms with van der Waals surface area (Å²) in [7, 11) is 0. The summed E-state index contributed by atoms with van der Waals surface area (Å²) in [6, 6.07) is 8.56. The van der Waals surface area contributed by atoms with Crippen molar-refractivity contribution in [2.24, 2.45) is 0 Å². The van der Waals surface area contributed by atoms with Crippen molar-refractivity contribution in [2.45, 2.75) is 72.1 Å². The molecule has 2 rings (SSSR count). The lowest BCUT2D eigenvalue weighted by Crippen LogP contribution is -2.25. The fourth-order valence-corrected chi connectivity index (χ4v) is 2.94. The van der Waals surface area contributed by atoms with Gasteiger partial charge in [-0.15, -0.1) is 0 Å². The topological polar surface area (TPSA) is 12.5 Å². The Morgan fingerprint density at radius 1 is 0.913 bits per heavy atom. The molecule has 0 N–H and O–H groups in total. The maximum atomic E-state index is 5.84. The van der Waals surface area contributed by atoms with Gasteiger partial charge in [0.1, 0.15) is 5.75 Å². The smallest absolute Gasteiger partial charge is 0.119 e. The fraction of sp³-hybridized carbons (Fsp3) is 0.714. The lowest BCUT2D eigenvalue weighted by Gasteiger charge is -2.19. The molecule has 0 saturated carbocycles. The molecule has 0 radical (unpaired) electrons. The minimum absolute atomic E-state index is 0.590. The first-order valence-electron chi connectivity index (χ1n) is 9.71. The van der Waals surface area contributed by atoms with Crippen LogP contribution in [0.1, 0.15) is 77.7 Å². The molecule has 1 heterocycles. The van der Waals surface area contributed by atoms with Gasteiger partial charge in [0, 0.05) is 0 Å². The molecule has 2 heteroatoms. The maximum absolute atomic E-state index is 5.84. The van der Waals surface area contributed by atoms with Gasteiger partial charge in [-0.2, -0.15) is 0 Å². The van der Waals surface area contributed by atoms with Crippen LogP contribution in [0, 0.1) is 0 Å². The summed E-state index contributed by atoms with van der Waals surface area (Å²) in [5.74, 6) is 1.60. The van der Waals surface area contributed by atoms with Crippen molar-refractivity contribution >= 4 is 0 Å². The predicted octanol–water partition coefficient (Wildman–Crippen LogP) is 5.87. The van der Waals surface area contributed by atoms with Crippen LogP contribution in [0.2, 0.25) is 0 Å². The Balaban J connectivity index is 0.00000127. The number of hydrogen-bond donors (Lipinski definition) is 0. The molecule has 1 aliphatic rings. The molecule has 1 aromatic rings. The highest BCUT2D eigenvalue weighted by molar-refractivity contribution is 5.28. The van der Waals surface area contributed by atoms with Crippen LogP contribution in [0.3, 0.4) is 0 Å². The van der Waals surface area contributed by atoms with Gasteiger partial charge in [-0.1, -0.05) is 52.7 Å². The van der Waals surface area contributed by atoms with Crippen LogP contribution >= 0.6 is 0 Å². The molecular formula is C21H37NO. The average Bonchev–Trinajstić information content (AvgIpc) is 2.85. The summed E-state index contributed by atoms with van der Waals surface area (Å²) in [6.07, 6.45) is 8.03. The minimum atomic E-state index is 0.590. The molecule has 0 aromatic heterocycles. The summed E-state index contributed by atoms with van der Waals surface area (Å²) in [6.45, 7) is 13.1. The largest absolute Gasteiger partial charge is 0.494 e. The Kier molecular flexibility index (Phi) is 10.8. The van der Waals surface area contributed by atoms with Gasteiger partial charge in [0.2, 0.25) is 0 Å². The lowest BCUT2D eigenvalue weighted by atomic mass is 10.0. The summed E-state index contributed by atoms with van der Waals surface area (Å²) in [5, 5.41) is 0. The van der Waals surface area contributed by atoms with E-state index in [2.05, 4.69) is 43.0 Å². The first-order valence-corrected chi connectivity index (χ1v) is 9.71. The molecule has 2 nitrogen and oxygen atoms in total. The third-order valence-corrected chi connectivity index (χ3v) is 4.38. The van der Waals surface area contributed by atoms with Gasteiger partial charge in [0.05, 0.1) is 6.61 Å². The summed E-state index contributed by atoms with van der Waals surface area (Å²) >= 11 is 0. The van der Waals surface area contributed by atoms with Crippen LogP contribution < -0.4 is 4.74 Å². The van der Waals surface area contributed by atoms with Crippen LogP contribution in [-0.2, 0) is 0 Å². The Hall–Kier alpha value is -1.02. The van der Waals surface area contributed by atoms with E-state index in [4.69, 9.17) is 4.74 Å². The van der Waals surface area contributed by atoms with Gasteiger partial charge in [0.25, 0.3) is 0 Å². The highest BCUT2D eigenvalue weighted by Crippen LogP contribution is 2.18. The van der Waals surface area contributed by atoms with E-state index < -0.39 is 0 Å². The molecule has 0 atom stereocenters. The summed E-state index contributed by atoms with van der Waals surface area (Å²) in [5.41, 5.74) is 1.38. The molecule has 1 aromatic carbocycles. The van der Waals surface area contributed by atoms with Crippen molar-refractivity contribution in [1.82, 2.24) is 4.90 Å². The monoisotopic (exact) mass is 319 g/mol. The number of nitrogens with zero attached hydrogens (tertiary/aromatic N) is 1. The Labute approximate surface area is 144 Å². The molecule has 0 bridgehead atoms. The van der Waals surface area contributed by atoms with Crippen molar-refractivity contribution in [3.05, 3.63) is 29.8 Å². The Bertz CT molecular complexity index is 377. The van der Waals surface area contributed by atoms with Crippen molar-refractivity contribution in [3.63, 3.8) is 0 Å². The Morgan fingerprint density at radius 3 is 2.09 bits per heavy atom. The minimum Gasteiger partial charge on any atom is -0.494 e.